The van der Waals surface area contributed by atoms with E-state index in [1.807, 2.05) is 0 Å². The SMILES string of the molecule is CS(=O)(=O)Nc1cccc(NC(=O)c2ccncc2)c1. The molecule has 0 spiro atoms. The Morgan fingerprint density at radius 3 is 2.40 bits per heavy atom. The number of pyridine rings is 1. The van der Waals surface area contributed by atoms with Gasteiger partial charge >= 0.3 is 0 Å². The molecule has 0 saturated carbocycles. The summed E-state index contributed by atoms with van der Waals surface area (Å²) in [4.78, 5) is 15.8. The van der Waals surface area contributed by atoms with E-state index in [1.165, 1.54) is 12.4 Å². The van der Waals surface area contributed by atoms with Crippen molar-refractivity contribution in [2.24, 2.45) is 0 Å². The van der Waals surface area contributed by atoms with Gasteiger partial charge in [0.15, 0.2) is 0 Å². The van der Waals surface area contributed by atoms with Crippen LogP contribution in [0.1, 0.15) is 10.4 Å². The van der Waals surface area contributed by atoms with Crippen LogP contribution < -0.4 is 10.0 Å². The molecule has 2 aromatic rings. The lowest BCUT2D eigenvalue weighted by atomic mass is 10.2. The molecule has 6 nitrogen and oxygen atoms in total. The van der Waals surface area contributed by atoms with Gasteiger partial charge in [-0.3, -0.25) is 14.5 Å². The summed E-state index contributed by atoms with van der Waals surface area (Å²) < 4.78 is 24.6. The predicted octanol–water partition coefficient (Wildman–Crippen LogP) is 1.71. The van der Waals surface area contributed by atoms with Crippen LogP contribution >= 0.6 is 0 Å². The Morgan fingerprint density at radius 1 is 1.10 bits per heavy atom. The Balaban J connectivity index is 2.14. The first kappa shape index (κ1) is 14.0. The number of benzene rings is 1. The lowest BCUT2D eigenvalue weighted by molar-refractivity contribution is 0.102. The molecule has 0 aliphatic rings. The molecule has 2 N–H and O–H groups in total. The number of hydrogen-bond acceptors (Lipinski definition) is 4. The summed E-state index contributed by atoms with van der Waals surface area (Å²) in [6.07, 6.45) is 4.11. The molecular weight excluding hydrogens is 278 g/mol. The molecule has 1 aromatic carbocycles. The molecule has 1 amide bonds. The number of rotatable bonds is 4. The van der Waals surface area contributed by atoms with Crippen molar-refractivity contribution >= 4 is 27.3 Å². The first-order valence-electron chi connectivity index (χ1n) is 5.73. The molecular formula is C13H13N3O3S. The maximum atomic E-state index is 11.9. The maximum absolute atomic E-state index is 11.9. The van der Waals surface area contributed by atoms with E-state index in [0.717, 1.165) is 6.26 Å². The second kappa shape index (κ2) is 5.70. The Bertz CT molecular complexity index is 715. The van der Waals surface area contributed by atoms with Gasteiger partial charge in [0.05, 0.1) is 11.9 Å². The molecule has 0 aliphatic heterocycles. The third kappa shape index (κ3) is 4.06. The number of carbonyl (C=O) groups excluding carboxylic acids is 1. The molecule has 20 heavy (non-hydrogen) atoms. The van der Waals surface area contributed by atoms with Gasteiger partial charge in [-0.2, -0.15) is 0 Å². The van der Waals surface area contributed by atoms with E-state index >= 15 is 0 Å². The number of carbonyl (C=O) groups is 1. The van der Waals surface area contributed by atoms with Crippen molar-refractivity contribution in [3.05, 3.63) is 54.4 Å². The second-order valence-corrected chi connectivity index (χ2v) is 5.89. The van der Waals surface area contributed by atoms with Crippen molar-refractivity contribution < 1.29 is 13.2 Å². The van der Waals surface area contributed by atoms with Gasteiger partial charge in [0.25, 0.3) is 5.91 Å². The van der Waals surface area contributed by atoms with Crippen LogP contribution in [-0.2, 0) is 10.0 Å². The van der Waals surface area contributed by atoms with E-state index in [4.69, 9.17) is 0 Å². The molecule has 0 unspecified atom stereocenters. The normalized spacial score (nSPS) is 10.8. The number of aromatic nitrogens is 1. The van der Waals surface area contributed by atoms with Gasteiger partial charge in [0.1, 0.15) is 0 Å². The summed E-state index contributed by atoms with van der Waals surface area (Å²) in [5.74, 6) is -0.288. The van der Waals surface area contributed by atoms with E-state index in [0.29, 0.717) is 16.9 Å². The molecule has 104 valence electrons. The third-order valence-corrected chi connectivity index (χ3v) is 2.97. The zero-order valence-electron chi connectivity index (χ0n) is 10.7. The van der Waals surface area contributed by atoms with Crippen molar-refractivity contribution in [3.8, 4) is 0 Å². The topological polar surface area (TPSA) is 88.2 Å². The van der Waals surface area contributed by atoms with Gasteiger partial charge < -0.3 is 5.32 Å². The number of nitrogens with one attached hydrogen (secondary N) is 2. The van der Waals surface area contributed by atoms with Crippen molar-refractivity contribution in [3.63, 3.8) is 0 Å². The van der Waals surface area contributed by atoms with E-state index in [1.54, 1.807) is 36.4 Å². The highest BCUT2D eigenvalue weighted by Gasteiger charge is 2.07. The number of amides is 1. The fourth-order valence-corrected chi connectivity index (χ4v) is 2.14. The van der Waals surface area contributed by atoms with E-state index in [-0.39, 0.29) is 5.91 Å². The fraction of sp³-hybridized carbons (Fsp3) is 0.0769. The van der Waals surface area contributed by atoms with Crippen LogP contribution in [0.4, 0.5) is 11.4 Å². The molecule has 1 aromatic heterocycles. The third-order valence-electron chi connectivity index (χ3n) is 2.37. The molecule has 2 rings (SSSR count). The van der Waals surface area contributed by atoms with Gasteiger partial charge in [-0.25, -0.2) is 8.42 Å². The zero-order chi connectivity index (χ0) is 14.6. The van der Waals surface area contributed by atoms with Crippen molar-refractivity contribution in [2.45, 2.75) is 0 Å². The highest BCUT2D eigenvalue weighted by Crippen LogP contribution is 2.16. The van der Waals surface area contributed by atoms with Crippen molar-refractivity contribution in [1.82, 2.24) is 4.98 Å². The first-order valence-corrected chi connectivity index (χ1v) is 7.62. The number of anilines is 2. The van der Waals surface area contributed by atoms with Crippen LogP contribution in [0, 0.1) is 0 Å². The minimum atomic E-state index is -3.35. The van der Waals surface area contributed by atoms with Crippen LogP contribution in [0.3, 0.4) is 0 Å². The molecule has 0 radical (unpaired) electrons. The van der Waals surface area contributed by atoms with Gasteiger partial charge in [-0.1, -0.05) is 6.07 Å². The van der Waals surface area contributed by atoms with E-state index < -0.39 is 10.0 Å². The Hall–Kier alpha value is -2.41. The highest BCUT2D eigenvalue weighted by molar-refractivity contribution is 7.92. The Morgan fingerprint density at radius 2 is 1.75 bits per heavy atom. The quantitative estimate of drug-likeness (QED) is 0.897. The molecule has 1 heterocycles. The Kier molecular flexibility index (Phi) is 3.99. The average Bonchev–Trinajstić information content (AvgIpc) is 2.38. The molecule has 0 saturated heterocycles. The average molecular weight is 291 g/mol. The molecule has 0 atom stereocenters. The number of sulfonamides is 1. The van der Waals surface area contributed by atoms with Gasteiger partial charge in [0.2, 0.25) is 10.0 Å². The first-order chi connectivity index (χ1) is 9.44. The second-order valence-electron chi connectivity index (χ2n) is 4.15. The molecule has 0 fully saturated rings. The largest absolute Gasteiger partial charge is 0.322 e. The predicted molar refractivity (Wildman–Crippen MR) is 77.1 cm³/mol. The lowest BCUT2D eigenvalue weighted by Gasteiger charge is -2.08. The van der Waals surface area contributed by atoms with Crippen LogP contribution in [0.2, 0.25) is 0 Å². The minimum Gasteiger partial charge on any atom is -0.322 e. The van der Waals surface area contributed by atoms with Crippen LogP contribution in [-0.4, -0.2) is 25.6 Å². The minimum absolute atomic E-state index is 0.288. The van der Waals surface area contributed by atoms with Gasteiger partial charge in [-0.05, 0) is 30.3 Å². The van der Waals surface area contributed by atoms with Crippen molar-refractivity contribution in [1.29, 1.82) is 0 Å². The lowest BCUT2D eigenvalue weighted by Crippen LogP contribution is -2.13. The number of nitrogens with zero attached hydrogens (tertiary/aromatic N) is 1. The van der Waals surface area contributed by atoms with E-state index in [9.17, 15) is 13.2 Å². The standard InChI is InChI=1S/C13H13N3O3S/c1-20(18,19)16-12-4-2-3-11(9-12)15-13(17)10-5-7-14-8-6-10/h2-9,16H,1H3,(H,15,17). The van der Waals surface area contributed by atoms with Gasteiger partial charge in [0, 0.05) is 23.6 Å². The monoisotopic (exact) mass is 291 g/mol. The highest BCUT2D eigenvalue weighted by atomic mass is 32.2. The van der Waals surface area contributed by atoms with Crippen molar-refractivity contribution in [2.75, 3.05) is 16.3 Å². The molecule has 0 aliphatic carbocycles. The maximum Gasteiger partial charge on any atom is 0.255 e. The van der Waals surface area contributed by atoms with Crippen LogP contribution in [0.5, 0.6) is 0 Å². The fourth-order valence-electron chi connectivity index (χ4n) is 1.58. The van der Waals surface area contributed by atoms with E-state index in [2.05, 4.69) is 15.0 Å². The summed E-state index contributed by atoms with van der Waals surface area (Å²) in [5.41, 5.74) is 1.36. The summed E-state index contributed by atoms with van der Waals surface area (Å²) in [6, 6.07) is 9.65. The summed E-state index contributed by atoms with van der Waals surface area (Å²) in [6.45, 7) is 0. The zero-order valence-corrected chi connectivity index (χ0v) is 11.5. The Labute approximate surface area is 116 Å². The van der Waals surface area contributed by atoms with Crippen LogP contribution in [0.15, 0.2) is 48.8 Å². The molecule has 7 heteroatoms. The molecule has 0 bridgehead atoms. The van der Waals surface area contributed by atoms with Crippen LogP contribution in [0.25, 0.3) is 0 Å². The summed E-state index contributed by atoms with van der Waals surface area (Å²) in [7, 11) is -3.35. The summed E-state index contributed by atoms with van der Waals surface area (Å²) in [5, 5.41) is 2.68. The summed E-state index contributed by atoms with van der Waals surface area (Å²) >= 11 is 0. The smallest absolute Gasteiger partial charge is 0.255 e. The number of hydrogen-bond donors (Lipinski definition) is 2. The van der Waals surface area contributed by atoms with Gasteiger partial charge in [-0.15, -0.1) is 0 Å².